The number of hydrogen-bond donors (Lipinski definition) is 1. The number of anilines is 1. The van der Waals surface area contributed by atoms with Gasteiger partial charge in [-0.25, -0.2) is 0 Å². The molecule has 0 saturated heterocycles. The minimum absolute atomic E-state index is 0.0815. The number of hydrogen-bond acceptors (Lipinski definition) is 2. The van der Waals surface area contributed by atoms with Gasteiger partial charge in [-0.1, -0.05) is 6.07 Å². The number of nitrogens with zero attached hydrogens (tertiary/aromatic N) is 1. The van der Waals surface area contributed by atoms with Crippen molar-refractivity contribution in [2.24, 2.45) is 0 Å². The zero-order chi connectivity index (χ0) is 14.7. The summed E-state index contributed by atoms with van der Waals surface area (Å²) >= 11 is 3.38. The Kier molecular flexibility index (Phi) is 4.39. The number of amides is 1. The summed E-state index contributed by atoms with van der Waals surface area (Å²) in [5, 5.41) is 2.79. The van der Waals surface area contributed by atoms with Gasteiger partial charge in [0.05, 0.1) is 11.3 Å². The highest BCUT2D eigenvalue weighted by molar-refractivity contribution is 9.10. The average Bonchev–Trinajstić information content (AvgIpc) is 2.40. The molecule has 0 fully saturated rings. The van der Waals surface area contributed by atoms with Gasteiger partial charge in [0.25, 0.3) is 11.5 Å². The van der Waals surface area contributed by atoms with Crippen LogP contribution in [0, 0.1) is 6.92 Å². The van der Waals surface area contributed by atoms with E-state index in [2.05, 4.69) is 21.2 Å². The Hall–Kier alpha value is -1.88. The third-order valence-corrected chi connectivity index (χ3v) is 3.61. The van der Waals surface area contributed by atoms with Gasteiger partial charge in [0, 0.05) is 23.3 Å². The van der Waals surface area contributed by atoms with Gasteiger partial charge in [0.15, 0.2) is 0 Å². The number of halogens is 1. The first-order valence-corrected chi connectivity index (χ1v) is 7.08. The maximum atomic E-state index is 12.2. The molecule has 1 aromatic carbocycles. The van der Waals surface area contributed by atoms with Crippen molar-refractivity contribution >= 4 is 27.5 Å². The number of aromatic nitrogens is 1. The fourth-order valence-electron chi connectivity index (χ4n) is 1.86. The molecular formula is C15H15BrN2O2. The van der Waals surface area contributed by atoms with Crippen molar-refractivity contribution in [3.8, 4) is 0 Å². The molecule has 0 aliphatic carbocycles. The highest BCUT2D eigenvalue weighted by atomic mass is 79.9. The van der Waals surface area contributed by atoms with Crippen LogP contribution in [0.3, 0.4) is 0 Å². The number of benzene rings is 1. The summed E-state index contributed by atoms with van der Waals surface area (Å²) in [5.74, 6) is -0.210. The van der Waals surface area contributed by atoms with Crippen molar-refractivity contribution in [1.82, 2.24) is 4.57 Å². The minimum Gasteiger partial charge on any atom is -0.321 e. The molecule has 2 rings (SSSR count). The number of carbonyl (C=O) groups excluding carboxylic acids is 1. The zero-order valence-corrected chi connectivity index (χ0v) is 12.9. The van der Waals surface area contributed by atoms with Crippen molar-refractivity contribution < 1.29 is 4.79 Å². The maximum absolute atomic E-state index is 12.2. The van der Waals surface area contributed by atoms with Gasteiger partial charge in [-0.15, -0.1) is 0 Å². The van der Waals surface area contributed by atoms with Crippen molar-refractivity contribution in [3.05, 3.63) is 62.5 Å². The lowest BCUT2D eigenvalue weighted by Gasteiger charge is -2.09. The van der Waals surface area contributed by atoms with E-state index in [9.17, 15) is 9.59 Å². The number of pyridine rings is 1. The van der Waals surface area contributed by atoms with Crippen LogP contribution < -0.4 is 10.9 Å². The predicted octanol–water partition coefficient (Wildman–Crippen LogP) is 3.19. The van der Waals surface area contributed by atoms with E-state index >= 15 is 0 Å². The van der Waals surface area contributed by atoms with Crippen molar-refractivity contribution in [3.63, 3.8) is 0 Å². The SMILES string of the molecule is CCn1cc(NC(=O)c2ccc(C)cc2Br)ccc1=O. The van der Waals surface area contributed by atoms with E-state index in [0.29, 0.717) is 17.8 Å². The molecule has 0 unspecified atom stereocenters. The van der Waals surface area contributed by atoms with Crippen molar-refractivity contribution in [2.45, 2.75) is 20.4 Å². The molecule has 0 atom stereocenters. The maximum Gasteiger partial charge on any atom is 0.256 e. The number of nitrogens with one attached hydrogen (secondary N) is 1. The molecule has 1 amide bonds. The summed E-state index contributed by atoms with van der Waals surface area (Å²) < 4.78 is 2.29. The monoisotopic (exact) mass is 334 g/mol. The first-order valence-electron chi connectivity index (χ1n) is 6.29. The van der Waals surface area contributed by atoms with E-state index in [-0.39, 0.29) is 11.5 Å². The van der Waals surface area contributed by atoms with E-state index in [1.54, 1.807) is 22.9 Å². The van der Waals surface area contributed by atoms with Crippen LogP contribution in [0.5, 0.6) is 0 Å². The summed E-state index contributed by atoms with van der Waals surface area (Å²) in [7, 11) is 0. The second-order valence-electron chi connectivity index (χ2n) is 4.48. The second-order valence-corrected chi connectivity index (χ2v) is 5.33. The molecule has 1 aromatic heterocycles. The van der Waals surface area contributed by atoms with E-state index in [1.165, 1.54) is 6.07 Å². The Bertz CT molecular complexity index is 707. The van der Waals surface area contributed by atoms with Crippen LogP contribution >= 0.6 is 15.9 Å². The quantitative estimate of drug-likeness (QED) is 0.937. The Morgan fingerprint density at radius 1 is 1.30 bits per heavy atom. The number of carbonyl (C=O) groups is 1. The Morgan fingerprint density at radius 2 is 2.05 bits per heavy atom. The fourth-order valence-corrected chi connectivity index (χ4v) is 2.53. The van der Waals surface area contributed by atoms with Gasteiger partial charge in [-0.05, 0) is 53.5 Å². The molecule has 0 saturated carbocycles. The number of rotatable bonds is 3. The summed E-state index contributed by atoms with van der Waals surface area (Å²) in [4.78, 5) is 23.7. The molecule has 0 radical (unpaired) electrons. The van der Waals surface area contributed by atoms with Crippen LogP contribution in [0.15, 0.2) is 45.8 Å². The predicted molar refractivity (Wildman–Crippen MR) is 83.2 cm³/mol. The summed E-state index contributed by atoms with van der Waals surface area (Å²) in [5.41, 5.74) is 2.16. The third-order valence-electron chi connectivity index (χ3n) is 2.95. The highest BCUT2D eigenvalue weighted by Crippen LogP contribution is 2.19. The topological polar surface area (TPSA) is 51.1 Å². The fraction of sp³-hybridized carbons (Fsp3) is 0.200. The first-order chi connectivity index (χ1) is 9.51. The molecule has 5 heteroatoms. The molecule has 0 spiro atoms. The molecule has 20 heavy (non-hydrogen) atoms. The molecule has 0 aliphatic rings. The van der Waals surface area contributed by atoms with E-state index in [4.69, 9.17) is 0 Å². The molecule has 1 heterocycles. The molecule has 0 aliphatic heterocycles. The zero-order valence-electron chi connectivity index (χ0n) is 11.3. The van der Waals surface area contributed by atoms with Gasteiger partial charge in [-0.3, -0.25) is 9.59 Å². The lowest BCUT2D eigenvalue weighted by Crippen LogP contribution is -2.20. The standard InChI is InChI=1S/C15H15BrN2O2/c1-3-18-9-11(5-7-14(18)19)17-15(20)12-6-4-10(2)8-13(12)16/h4-9H,3H2,1-2H3,(H,17,20). The van der Waals surface area contributed by atoms with E-state index in [0.717, 1.165) is 10.0 Å². The van der Waals surface area contributed by atoms with Crippen molar-refractivity contribution in [1.29, 1.82) is 0 Å². The average molecular weight is 335 g/mol. The summed E-state index contributed by atoms with van der Waals surface area (Å²) in [6.45, 7) is 4.41. The second kappa shape index (κ2) is 6.05. The molecule has 104 valence electrons. The summed E-state index contributed by atoms with van der Waals surface area (Å²) in [6.07, 6.45) is 1.64. The third kappa shape index (κ3) is 3.17. The molecule has 0 bridgehead atoms. The smallest absolute Gasteiger partial charge is 0.256 e. The van der Waals surface area contributed by atoms with Gasteiger partial charge in [0.1, 0.15) is 0 Å². The van der Waals surface area contributed by atoms with Gasteiger partial charge >= 0.3 is 0 Å². The van der Waals surface area contributed by atoms with Crippen LogP contribution in [-0.2, 0) is 6.54 Å². The summed E-state index contributed by atoms with van der Waals surface area (Å²) in [6, 6.07) is 8.59. The van der Waals surface area contributed by atoms with Gasteiger partial charge in [0.2, 0.25) is 0 Å². The van der Waals surface area contributed by atoms with E-state index in [1.807, 2.05) is 26.0 Å². The van der Waals surface area contributed by atoms with Gasteiger partial charge in [-0.2, -0.15) is 0 Å². The molecule has 1 N–H and O–H groups in total. The van der Waals surface area contributed by atoms with Crippen LogP contribution in [0.1, 0.15) is 22.8 Å². The lowest BCUT2D eigenvalue weighted by molar-refractivity contribution is 0.102. The minimum atomic E-state index is -0.210. The van der Waals surface area contributed by atoms with Crippen LogP contribution in [0.25, 0.3) is 0 Å². The van der Waals surface area contributed by atoms with Crippen LogP contribution in [-0.4, -0.2) is 10.5 Å². The van der Waals surface area contributed by atoms with Crippen LogP contribution in [0.4, 0.5) is 5.69 Å². The largest absolute Gasteiger partial charge is 0.321 e. The molecule has 2 aromatic rings. The van der Waals surface area contributed by atoms with E-state index < -0.39 is 0 Å². The first kappa shape index (κ1) is 14.5. The molecule has 4 nitrogen and oxygen atoms in total. The van der Waals surface area contributed by atoms with Crippen LogP contribution in [0.2, 0.25) is 0 Å². The highest BCUT2D eigenvalue weighted by Gasteiger charge is 2.10. The normalized spacial score (nSPS) is 10.3. The van der Waals surface area contributed by atoms with Gasteiger partial charge < -0.3 is 9.88 Å². The molecular weight excluding hydrogens is 320 g/mol. The Labute approximate surface area is 125 Å². The lowest BCUT2D eigenvalue weighted by atomic mass is 10.1. The Balaban J connectivity index is 2.25. The van der Waals surface area contributed by atoms with Crippen molar-refractivity contribution in [2.75, 3.05) is 5.32 Å². The Morgan fingerprint density at radius 3 is 2.70 bits per heavy atom. The number of aryl methyl sites for hydroxylation is 2.